The molecule has 0 saturated carbocycles. The second-order valence-electron chi connectivity index (χ2n) is 4.27. The summed E-state index contributed by atoms with van der Waals surface area (Å²) < 4.78 is 0. The van der Waals surface area contributed by atoms with Crippen LogP contribution in [0.25, 0.3) is 0 Å². The average molecular weight is 212 g/mol. The Morgan fingerprint density at radius 2 is 2.25 bits per heavy atom. The van der Waals surface area contributed by atoms with Crippen molar-refractivity contribution in [1.29, 1.82) is 5.26 Å². The molecule has 0 heterocycles. The highest BCUT2D eigenvalue weighted by Crippen LogP contribution is 2.19. The van der Waals surface area contributed by atoms with Crippen molar-refractivity contribution in [2.75, 3.05) is 5.32 Å². The maximum Gasteiger partial charge on any atom is 0.0994 e. The van der Waals surface area contributed by atoms with E-state index < -0.39 is 0 Å². The Balaban J connectivity index is 2.07. The zero-order valence-electron chi connectivity index (χ0n) is 9.53. The number of nitrogens with one attached hydrogen (secondary N) is 1. The van der Waals surface area contributed by atoms with Gasteiger partial charge in [0, 0.05) is 11.7 Å². The lowest BCUT2D eigenvalue weighted by Gasteiger charge is -2.20. The van der Waals surface area contributed by atoms with E-state index in [9.17, 15) is 0 Å². The molecule has 1 atom stereocenters. The van der Waals surface area contributed by atoms with Crippen LogP contribution in [-0.4, -0.2) is 6.04 Å². The maximum atomic E-state index is 8.85. The first-order valence-corrected chi connectivity index (χ1v) is 5.72. The molecule has 2 rings (SSSR count). The normalized spacial score (nSPS) is 19.1. The Labute approximate surface area is 96.6 Å². The Bertz CT molecular complexity index is 441. The van der Waals surface area contributed by atoms with Crippen molar-refractivity contribution in [3.63, 3.8) is 0 Å². The highest BCUT2D eigenvalue weighted by atomic mass is 14.9. The summed E-state index contributed by atoms with van der Waals surface area (Å²) >= 11 is 0. The Kier molecular flexibility index (Phi) is 3.26. The van der Waals surface area contributed by atoms with Gasteiger partial charge in [0.05, 0.1) is 11.6 Å². The van der Waals surface area contributed by atoms with Gasteiger partial charge in [0.25, 0.3) is 0 Å². The minimum absolute atomic E-state index is 0.539. The van der Waals surface area contributed by atoms with Crippen LogP contribution in [0.3, 0.4) is 0 Å². The molecule has 1 aromatic rings. The lowest BCUT2D eigenvalue weighted by atomic mass is 10.0. The Hall–Kier alpha value is -1.75. The number of nitrogens with zero attached hydrogens (tertiary/aromatic N) is 1. The Morgan fingerprint density at radius 3 is 2.88 bits per heavy atom. The number of benzene rings is 1. The van der Waals surface area contributed by atoms with Gasteiger partial charge in [-0.2, -0.15) is 5.26 Å². The molecule has 1 unspecified atom stereocenters. The summed E-state index contributed by atoms with van der Waals surface area (Å²) in [5.74, 6) is 0. The van der Waals surface area contributed by atoms with Crippen LogP contribution in [0.4, 0.5) is 5.69 Å². The van der Waals surface area contributed by atoms with Gasteiger partial charge >= 0.3 is 0 Å². The van der Waals surface area contributed by atoms with E-state index in [0.717, 1.165) is 29.7 Å². The molecule has 0 amide bonds. The molecule has 1 aliphatic carbocycles. The number of anilines is 1. The first kappa shape index (κ1) is 10.8. The summed E-state index contributed by atoms with van der Waals surface area (Å²) in [7, 11) is 0. The maximum absolute atomic E-state index is 8.85. The summed E-state index contributed by atoms with van der Waals surface area (Å²) in [6.45, 7) is 1.98. The van der Waals surface area contributed by atoms with Gasteiger partial charge in [0.15, 0.2) is 0 Å². The van der Waals surface area contributed by atoms with E-state index in [1.807, 2.05) is 19.1 Å². The fourth-order valence-corrected chi connectivity index (χ4v) is 2.04. The van der Waals surface area contributed by atoms with E-state index in [1.54, 1.807) is 0 Å². The molecule has 1 N–H and O–H groups in total. The highest BCUT2D eigenvalue weighted by molar-refractivity contribution is 5.52. The fourth-order valence-electron chi connectivity index (χ4n) is 2.04. The van der Waals surface area contributed by atoms with E-state index in [1.165, 1.54) is 6.42 Å². The van der Waals surface area contributed by atoms with Crippen molar-refractivity contribution in [2.45, 2.75) is 32.2 Å². The predicted molar refractivity (Wildman–Crippen MR) is 66.3 cm³/mol. The number of rotatable bonds is 2. The predicted octanol–water partition coefficient (Wildman–Crippen LogP) is 3.39. The van der Waals surface area contributed by atoms with Crippen molar-refractivity contribution in [3.05, 3.63) is 41.5 Å². The Morgan fingerprint density at radius 1 is 1.38 bits per heavy atom. The summed E-state index contributed by atoms with van der Waals surface area (Å²) in [6.07, 6.45) is 7.92. The average Bonchev–Trinajstić information content (AvgIpc) is 2.31. The molecule has 0 radical (unpaired) electrons. The quantitative estimate of drug-likeness (QED) is 0.763. The lowest BCUT2D eigenvalue weighted by molar-refractivity contribution is 0.645. The second kappa shape index (κ2) is 4.85. The number of aryl methyl sites for hydroxylation is 1. The number of hydrogen-bond donors (Lipinski definition) is 1. The number of nitriles is 1. The molecular weight excluding hydrogens is 196 g/mol. The van der Waals surface area contributed by atoms with Crippen LogP contribution in [0.15, 0.2) is 30.4 Å². The van der Waals surface area contributed by atoms with Crippen LogP contribution in [0.1, 0.15) is 30.4 Å². The monoisotopic (exact) mass is 212 g/mol. The topological polar surface area (TPSA) is 35.8 Å². The minimum atomic E-state index is 0.539. The zero-order valence-corrected chi connectivity index (χ0v) is 9.53. The van der Waals surface area contributed by atoms with Gasteiger partial charge in [-0.25, -0.2) is 0 Å². The molecule has 1 aliphatic rings. The third-order valence-corrected chi connectivity index (χ3v) is 2.99. The van der Waals surface area contributed by atoms with Crippen molar-refractivity contribution in [1.82, 2.24) is 0 Å². The smallest absolute Gasteiger partial charge is 0.0994 e. The van der Waals surface area contributed by atoms with Crippen molar-refractivity contribution < 1.29 is 0 Å². The van der Waals surface area contributed by atoms with Gasteiger partial charge in [-0.1, -0.05) is 12.2 Å². The molecule has 82 valence electrons. The third-order valence-electron chi connectivity index (χ3n) is 2.99. The fraction of sp³-hybridized carbons (Fsp3) is 0.357. The first-order valence-electron chi connectivity index (χ1n) is 5.72. The van der Waals surface area contributed by atoms with Gasteiger partial charge in [0.2, 0.25) is 0 Å². The molecule has 2 heteroatoms. The van der Waals surface area contributed by atoms with Crippen LogP contribution < -0.4 is 5.32 Å². The SMILES string of the molecule is Cc1cc(NC2CC=CCC2)ccc1C#N. The number of hydrogen-bond acceptors (Lipinski definition) is 2. The standard InChI is InChI=1S/C14H16N2/c1-11-9-14(8-7-12(11)10-15)16-13-5-3-2-4-6-13/h2-3,7-9,13,16H,4-6H2,1H3. The van der Waals surface area contributed by atoms with Crippen molar-refractivity contribution >= 4 is 5.69 Å². The minimum Gasteiger partial charge on any atom is -0.382 e. The van der Waals surface area contributed by atoms with E-state index in [0.29, 0.717) is 6.04 Å². The van der Waals surface area contributed by atoms with Crippen molar-refractivity contribution in [3.8, 4) is 6.07 Å². The largest absolute Gasteiger partial charge is 0.382 e. The van der Waals surface area contributed by atoms with Gasteiger partial charge in [0.1, 0.15) is 0 Å². The number of allylic oxidation sites excluding steroid dienone is 1. The van der Waals surface area contributed by atoms with Crippen LogP contribution in [-0.2, 0) is 0 Å². The third kappa shape index (κ3) is 2.43. The van der Waals surface area contributed by atoms with Gasteiger partial charge in [-0.05, 0) is 49.9 Å². The zero-order chi connectivity index (χ0) is 11.4. The van der Waals surface area contributed by atoms with Crippen LogP contribution in [0.2, 0.25) is 0 Å². The lowest BCUT2D eigenvalue weighted by Crippen LogP contribution is -2.20. The van der Waals surface area contributed by atoms with E-state index >= 15 is 0 Å². The molecule has 0 aromatic heterocycles. The van der Waals surface area contributed by atoms with Gasteiger partial charge < -0.3 is 5.32 Å². The van der Waals surface area contributed by atoms with Crippen LogP contribution in [0, 0.1) is 18.3 Å². The second-order valence-corrected chi connectivity index (χ2v) is 4.27. The van der Waals surface area contributed by atoms with E-state index in [4.69, 9.17) is 5.26 Å². The van der Waals surface area contributed by atoms with E-state index in [2.05, 4.69) is 29.6 Å². The van der Waals surface area contributed by atoms with Crippen molar-refractivity contribution in [2.24, 2.45) is 0 Å². The summed E-state index contributed by atoms with van der Waals surface area (Å²) in [5.41, 5.74) is 2.92. The van der Waals surface area contributed by atoms with E-state index in [-0.39, 0.29) is 0 Å². The molecule has 1 aromatic carbocycles. The molecular formula is C14H16N2. The summed E-state index contributed by atoms with van der Waals surface area (Å²) in [4.78, 5) is 0. The molecule has 0 fully saturated rings. The summed E-state index contributed by atoms with van der Waals surface area (Å²) in [6, 6.07) is 8.65. The van der Waals surface area contributed by atoms with Gasteiger partial charge in [-0.3, -0.25) is 0 Å². The molecule has 2 nitrogen and oxygen atoms in total. The summed E-state index contributed by atoms with van der Waals surface area (Å²) in [5, 5.41) is 12.4. The molecule has 16 heavy (non-hydrogen) atoms. The molecule has 0 spiro atoms. The molecule has 0 saturated heterocycles. The first-order chi connectivity index (χ1) is 7.79. The van der Waals surface area contributed by atoms with Gasteiger partial charge in [-0.15, -0.1) is 0 Å². The highest BCUT2D eigenvalue weighted by Gasteiger charge is 2.09. The molecule has 0 bridgehead atoms. The van der Waals surface area contributed by atoms with Crippen LogP contribution in [0.5, 0.6) is 0 Å². The molecule has 0 aliphatic heterocycles. The van der Waals surface area contributed by atoms with Crippen LogP contribution >= 0.6 is 0 Å².